The van der Waals surface area contributed by atoms with Gasteiger partial charge in [-0.1, -0.05) is 25.4 Å². The Balaban J connectivity index is 2.12. The van der Waals surface area contributed by atoms with Crippen molar-refractivity contribution in [2.75, 3.05) is 46.2 Å². The van der Waals surface area contributed by atoms with E-state index < -0.39 is 10.0 Å². The maximum Gasteiger partial charge on any atom is 0.254 e. The minimum Gasteiger partial charge on any atom is -0.493 e. The molecular weight excluding hydrogens is 392 g/mol. The van der Waals surface area contributed by atoms with E-state index in [9.17, 15) is 13.2 Å². The van der Waals surface area contributed by atoms with Gasteiger partial charge >= 0.3 is 0 Å². The highest BCUT2D eigenvalue weighted by Crippen LogP contribution is 2.37. The Kier molecular flexibility index (Phi) is 7.36. The number of sulfonamides is 1. The highest BCUT2D eigenvalue weighted by Gasteiger charge is 2.27. The first kappa shape index (κ1) is 21.8. The van der Waals surface area contributed by atoms with E-state index in [1.807, 2.05) is 0 Å². The van der Waals surface area contributed by atoms with Crippen LogP contribution in [0.5, 0.6) is 11.5 Å². The van der Waals surface area contributed by atoms with E-state index >= 15 is 0 Å². The van der Waals surface area contributed by atoms with Crippen molar-refractivity contribution >= 4 is 27.5 Å². The van der Waals surface area contributed by atoms with Crippen molar-refractivity contribution < 1.29 is 22.7 Å². The number of methoxy groups -OCH3 is 1. The zero-order valence-electron chi connectivity index (χ0n) is 16.2. The van der Waals surface area contributed by atoms with Gasteiger partial charge in [0.15, 0.2) is 11.5 Å². The summed E-state index contributed by atoms with van der Waals surface area (Å²) in [6.07, 6.45) is 2.05. The summed E-state index contributed by atoms with van der Waals surface area (Å²) in [5.41, 5.74) is 0.390. The molecule has 1 aromatic rings. The van der Waals surface area contributed by atoms with Crippen molar-refractivity contribution in [3.8, 4) is 11.5 Å². The Labute approximate surface area is 166 Å². The van der Waals surface area contributed by atoms with Gasteiger partial charge in [0.2, 0.25) is 10.0 Å². The second kappa shape index (κ2) is 9.12. The Morgan fingerprint density at radius 3 is 2.37 bits per heavy atom. The molecule has 0 N–H and O–H groups in total. The number of rotatable bonds is 7. The molecule has 0 unspecified atom stereocenters. The van der Waals surface area contributed by atoms with E-state index in [2.05, 4.69) is 13.8 Å². The summed E-state index contributed by atoms with van der Waals surface area (Å²) in [6, 6.07) is 3.18. The molecular formula is C18H27ClN2O5S. The number of halogens is 1. The molecule has 9 heteroatoms. The van der Waals surface area contributed by atoms with Crippen molar-refractivity contribution in [2.24, 2.45) is 5.92 Å². The Bertz CT molecular complexity index is 774. The van der Waals surface area contributed by atoms with Gasteiger partial charge in [0.25, 0.3) is 5.91 Å². The monoisotopic (exact) mass is 418 g/mol. The molecule has 1 aromatic carbocycles. The zero-order chi connectivity index (χ0) is 20.2. The summed E-state index contributed by atoms with van der Waals surface area (Å²) in [7, 11) is -1.74. The lowest BCUT2D eigenvalue weighted by Gasteiger charge is -2.33. The van der Waals surface area contributed by atoms with Gasteiger partial charge in [-0.3, -0.25) is 4.79 Å². The molecule has 7 nitrogen and oxygen atoms in total. The number of piperazine rings is 1. The molecule has 0 bridgehead atoms. The van der Waals surface area contributed by atoms with Gasteiger partial charge in [-0.2, -0.15) is 4.31 Å². The first-order chi connectivity index (χ1) is 12.6. The highest BCUT2D eigenvalue weighted by molar-refractivity contribution is 7.88. The molecule has 1 aliphatic rings. The van der Waals surface area contributed by atoms with Crippen LogP contribution in [0.25, 0.3) is 0 Å². The molecule has 1 saturated heterocycles. The SMILES string of the molecule is COc1cc(C(=O)N2CCN(S(C)(=O)=O)CC2)cc(Cl)c1OCCC(C)C. The minimum absolute atomic E-state index is 0.211. The fraction of sp³-hybridized carbons (Fsp3) is 0.611. The van der Waals surface area contributed by atoms with Crippen LogP contribution in [0.15, 0.2) is 12.1 Å². The summed E-state index contributed by atoms with van der Waals surface area (Å²) in [5, 5.41) is 0.316. The van der Waals surface area contributed by atoms with Crippen molar-refractivity contribution in [1.82, 2.24) is 9.21 Å². The van der Waals surface area contributed by atoms with Crippen molar-refractivity contribution in [1.29, 1.82) is 0 Å². The molecule has 0 radical (unpaired) electrons. The van der Waals surface area contributed by atoms with Crippen LogP contribution in [0.1, 0.15) is 30.6 Å². The van der Waals surface area contributed by atoms with Gasteiger partial charge < -0.3 is 14.4 Å². The van der Waals surface area contributed by atoms with Crippen molar-refractivity contribution in [3.63, 3.8) is 0 Å². The summed E-state index contributed by atoms with van der Waals surface area (Å²) >= 11 is 6.33. The van der Waals surface area contributed by atoms with E-state index in [0.717, 1.165) is 6.42 Å². The predicted octanol–water partition coefficient (Wildman–Crippen LogP) is 2.49. The molecule has 0 aromatic heterocycles. The summed E-state index contributed by atoms with van der Waals surface area (Å²) in [6.45, 7) is 5.95. The molecule has 1 aliphatic heterocycles. The van der Waals surface area contributed by atoms with Gasteiger partial charge in [0, 0.05) is 31.7 Å². The van der Waals surface area contributed by atoms with E-state index in [1.54, 1.807) is 17.0 Å². The molecule has 2 rings (SSSR count). The average molecular weight is 419 g/mol. The summed E-state index contributed by atoms with van der Waals surface area (Å²) in [4.78, 5) is 14.4. The second-order valence-corrected chi connectivity index (χ2v) is 9.36. The van der Waals surface area contributed by atoms with Gasteiger partial charge in [0.1, 0.15) is 0 Å². The highest BCUT2D eigenvalue weighted by atomic mass is 35.5. The summed E-state index contributed by atoms with van der Waals surface area (Å²) < 4.78 is 35.7. The molecule has 0 saturated carbocycles. The van der Waals surface area contributed by atoms with Crippen LogP contribution in [-0.2, 0) is 10.0 Å². The molecule has 0 aliphatic carbocycles. The van der Waals surface area contributed by atoms with Crippen molar-refractivity contribution in [2.45, 2.75) is 20.3 Å². The number of benzene rings is 1. The zero-order valence-corrected chi connectivity index (χ0v) is 17.8. The van der Waals surface area contributed by atoms with Crippen LogP contribution in [-0.4, -0.2) is 69.7 Å². The Morgan fingerprint density at radius 1 is 1.22 bits per heavy atom. The van der Waals surface area contributed by atoms with E-state index in [1.165, 1.54) is 17.7 Å². The first-order valence-electron chi connectivity index (χ1n) is 8.88. The fourth-order valence-corrected chi connectivity index (χ4v) is 3.88. The minimum atomic E-state index is -3.24. The molecule has 0 atom stereocenters. The standard InChI is InChI=1S/C18H27ClN2O5S/c1-13(2)5-10-26-17-15(19)11-14(12-16(17)25-3)18(22)20-6-8-21(9-7-20)27(4,23)24/h11-13H,5-10H2,1-4H3. The number of amides is 1. The van der Waals surface area contributed by atoms with Gasteiger partial charge in [-0.15, -0.1) is 0 Å². The van der Waals surface area contributed by atoms with Crippen molar-refractivity contribution in [3.05, 3.63) is 22.7 Å². The Morgan fingerprint density at radius 2 is 1.85 bits per heavy atom. The topological polar surface area (TPSA) is 76.2 Å². The quantitative estimate of drug-likeness (QED) is 0.680. The largest absolute Gasteiger partial charge is 0.493 e. The van der Waals surface area contributed by atoms with Crippen LogP contribution in [0.4, 0.5) is 0 Å². The number of ether oxygens (including phenoxy) is 2. The number of carbonyl (C=O) groups excluding carboxylic acids is 1. The number of carbonyl (C=O) groups is 1. The van der Waals surface area contributed by atoms with E-state index in [0.29, 0.717) is 47.7 Å². The number of hydrogen-bond acceptors (Lipinski definition) is 5. The van der Waals surface area contributed by atoms with Crippen LogP contribution in [0.2, 0.25) is 5.02 Å². The number of hydrogen-bond donors (Lipinski definition) is 0. The van der Waals surface area contributed by atoms with Crippen LogP contribution < -0.4 is 9.47 Å². The van der Waals surface area contributed by atoms with Crippen LogP contribution in [0.3, 0.4) is 0 Å². The lowest BCUT2D eigenvalue weighted by molar-refractivity contribution is 0.0698. The van der Waals surface area contributed by atoms with E-state index in [-0.39, 0.29) is 19.0 Å². The van der Waals surface area contributed by atoms with Crippen LogP contribution in [0, 0.1) is 5.92 Å². The molecule has 0 spiro atoms. The Hall–Kier alpha value is -1.51. The lowest BCUT2D eigenvalue weighted by Crippen LogP contribution is -2.50. The maximum absolute atomic E-state index is 12.8. The molecule has 152 valence electrons. The maximum atomic E-state index is 12.8. The smallest absolute Gasteiger partial charge is 0.254 e. The molecule has 1 heterocycles. The van der Waals surface area contributed by atoms with Gasteiger partial charge in [0.05, 0.1) is 25.0 Å². The third-order valence-corrected chi connectivity index (χ3v) is 6.00. The number of nitrogens with zero attached hydrogens (tertiary/aromatic N) is 2. The molecule has 1 amide bonds. The third-order valence-electron chi connectivity index (χ3n) is 4.41. The first-order valence-corrected chi connectivity index (χ1v) is 11.1. The normalized spacial score (nSPS) is 15.9. The van der Waals surface area contributed by atoms with Gasteiger partial charge in [-0.05, 0) is 24.5 Å². The van der Waals surface area contributed by atoms with Gasteiger partial charge in [-0.25, -0.2) is 8.42 Å². The van der Waals surface area contributed by atoms with E-state index in [4.69, 9.17) is 21.1 Å². The molecule has 27 heavy (non-hydrogen) atoms. The molecule has 1 fully saturated rings. The average Bonchev–Trinajstić information content (AvgIpc) is 2.61. The second-order valence-electron chi connectivity index (χ2n) is 6.97. The summed E-state index contributed by atoms with van der Waals surface area (Å²) in [5.74, 6) is 1.13. The predicted molar refractivity (Wildman–Crippen MR) is 105 cm³/mol. The third kappa shape index (κ3) is 5.73. The lowest BCUT2D eigenvalue weighted by atomic mass is 10.1. The van der Waals surface area contributed by atoms with Crippen LogP contribution >= 0.6 is 11.6 Å². The fourth-order valence-electron chi connectivity index (χ4n) is 2.79.